The maximum Gasteiger partial charge on any atom is 0.0547 e. The Bertz CT molecular complexity index is 2840. The monoisotopic (exact) mass is 642 g/mol. The van der Waals surface area contributed by atoms with E-state index in [9.17, 15) is 0 Å². The summed E-state index contributed by atoms with van der Waals surface area (Å²) in [7, 11) is 0. The minimum atomic E-state index is 1.12. The normalized spacial score (nSPS) is 11.7. The predicted molar refractivity (Wildman–Crippen MR) is 211 cm³/mol. The zero-order valence-corrected chi connectivity index (χ0v) is 27.4. The quantitative estimate of drug-likeness (QED) is 0.181. The number of fused-ring (bicyclic) bond motifs is 7. The fourth-order valence-corrected chi connectivity index (χ4v) is 8.60. The van der Waals surface area contributed by atoms with Crippen LogP contribution < -0.4 is 4.90 Å². The summed E-state index contributed by atoms with van der Waals surface area (Å²) in [5.74, 6) is 0. The highest BCUT2D eigenvalue weighted by atomic mass is 32.1. The van der Waals surface area contributed by atoms with E-state index in [1.54, 1.807) is 0 Å². The summed E-state index contributed by atoms with van der Waals surface area (Å²) in [4.78, 5) is 2.38. The lowest BCUT2D eigenvalue weighted by Gasteiger charge is -2.26. The summed E-state index contributed by atoms with van der Waals surface area (Å²) < 4.78 is 5.07. The predicted octanol–water partition coefficient (Wildman–Crippen LogP) is 13.4. The molecule has 0 amide bonds. The third kappa shape index (κ3) is 4.55. The summed E-state index contributed by atoms with van der Waals surface area (Å²) in [6, 6.07) is 66.2. The molecule has 230 valence electrons. The second-order valence-electron chi connectivity index (χ2n) is 12.6. The highest BCUT2D eigenvalue weighted by Crippen LogP contribution is 2.42. The fourth-order valence-electron chi connectivity index (χ4n) is 7.51. The van der Waals surface area contributed by atoms with Gasteiger partial charge in [0.25, 0.3) is 0 Å². The van der Waals surface area contributed by atoms with Gasteiger partial charge in [-0.3, -0.25) is 0 Å². The van der Waals surface area contributed by atoms with Gasteiger partial charge < -0.3 is 9.47 Å². The highest BCUT2D eigenvalue weighted by molar-refractivity contribution is 7.25. The van der Waals surface area contributed by atoms with Crippen LogP contribution in [0.3, 0.4) is 0 Å². The summed E-state index contributed by atoms with van der Waals surface area (Å²) in [6.07, 6.45) is 0. The van der Waals surface area contributed by atoms with Crippen molar-refractivity contribution >= 4 is 81.1 Å². The second kappa shape index (κ2) is 11.2. The van der Waals surface area contributed by atoms with Crippen LogP contribution in [0.25, 0.3) is 69.6 Å². The number of nitrogens with zero attached hydrogens (tertiary/aromatic N) is 2. The zero-order valence-electron chi connectivity index (χ0n) is 26.6. The maximum atomic E-state index is 2.44. The molecule has 0 saturated carbocycles. The van der Waals surface area contributed by atoms with E-state index in [-0.39, 0.29) is 0 Å². The van der Waals surface area contributed by atoms with Gasteiger partial charge in [0, 0.05) is 53.4 Å². The fraction of sp³-hybridized carbons (Fsp3) is 0. The molecule has 10 rings (SSSR count). The molecule has 8 aromatic carbocycles. The lowest BCUT2D eigenvalue weighted by molar-refractivity contribution is 1.20. The van der Waals surface area contributed by atoms with E-state index in [0.29, 0.717) is 0 Å². The Morgan fingerprint density at radius 3 is 1.94 bits per heavy atom. The molecule has 0 aliphatic heterocycles. The van der Waals surface area contributed by atoms with E-state index in [4.69, 9.17) is 0 Å². The van der Waals surface area contributed by atoms with Crippen LogP contribution in [0, 0.1) is 0 Å². The largest absolute Gasteiger partial charge is 0.310 e. The Balaban J connectivity index is 1.16. The molecule has 0 spiro atoms. The third-order valence-electron chi connectivity index (χ3n) is 9.75. The highest BCUT2D eigenvalue weighted by Gasteiger charge is 2.18. The first-order valence-corrected chi connectivity index (χ1v) is 17.5. The van der Waals surface area contributed by atoms with Crippen LogP contribution in [-0.4, -0.2) is 4.57 Å². The molecule has 0 aliphatic carbocycles. The Morgan fingerprint density at radius 1 is 0.367 bits per heavy atom. The Hall–Kier alpha value is -6.16. The minimum absolute atomic E-state index is 1.12. The van der Waals surface area contributed by atoms with Gasteiger partial charge in [0.15, 0.2) is 0 Å². The third-order valence-corrected chi connectivity index (χ3v) is 10.9. The molecule has 2 aromatic heterocycles. The molecule has 0 unspecified atom stereocenters. The van der Waals surface area contributed by atoms with Crippen molar-refractivity contribution in [2.45, 2.75) is 0 Å². The number of aromatic nitrogens is 1. The number of benzene rings is 8. The van der Waals surface area contributed by atoms with E-state index in [0.717, 1.165) is 17.1 Å². The smallest absolute Gasteiger partial charge is 0.0547 e. The molecular formula is C46H30N2S. The van der Waals surface area contributed by atoms with E-state index in [2.05, 4.69) is 191 Å². The van der Waals surface area contributed by atoms with Crippen LogP contribution in [0.4, 0.5) is 17.1 Å². The van der Waals surface area contributed by atoms with Crippen LogP contribution in [0.5, 0.6) is 0 Å². The van der Waals surface area contributed by atoms with Gasteiger partial charge in [-0.1, -0.05) is 115 Å². The molecule has 0 saturated heterocycles. The molecule has 0 N–H and O–H groups in total. The van der Waals surface area contributed by atoms with Crippen LogP contribution in [0.1, 0.15) is 0 Å². The molecule has 2 nitrogen and oxygen atoms in total. The van der Waals surface area contributed by atoms with Crippen LogP contribution in [0.2, 0.25) is 0 Å². The number of para-hydroxylation sites is 2. The molecule has 0 aliphatic rings. The molecular weight excluding hydrogens is 613 g/mol. The summed E-state index contributed by atoms with van der Waals surface area (Å²) in [6.45, 7) is 0. The molecule has 0 atom stereocenters. The Morgan fingerprint density at radius 2 is 1.02 bits per heavy atom. The van der Waals surface area contributed by atoms with Gasteiger partial charge in [-0.15, -0.1) is 11.3 Å². The van der Waals surface area contributed by atoms with Gasteiger partial charge in [-0.25, -0.2) is 0 Å². The van der Waals surface area contributed by atoms with Crippen molar-refractivity contribution in [3.05, 3.63) is 182 Å². The number of hydrogen-bond donors (Lipinski definition) is 0. The van der Waals surface area contributed by atoms with Crippen LogP contribution in [0.15, 0.2) is 182 Å². The van der Waals surface area contributed by atoms with Gasteiger partial charge in [0.1, 0.15) is 0 Å². The van der Waals surface area contributed by atoms with E-state index in [1.165, 1.54) is 69.6 Å². The lowest BCUT2D eigenvalue weighted by atomic mass is 10.0. The molecule has 0 radical (unpaired) electrons. The first-order valence-electron chi connectivity index (χ1n) is 16.7. The molecule has 0 bridgehead atoms. The summed E-state index contributed by atoms with van der Waals surface area (Å²) in [5.41, 5.74) is 9.37. The molecule has 0 fully saturated rings. The van der Waals surface area contributed by atoms with E-state index in [1.807, 2.05) is 11.3 Å². The van der Waals surface area contributed by atoms with Crippen molar-refractivity contribution in [3.8, 4) is 16.8 Å². The Kier molecular flexibility index (Phi) is 6.39. The number of rotatable bonds is 5. The van der Waals surface area contributed by atoms with Crippen molar-refractivity contribution in [2.75, 3.05) is 4.90 Å². The summed E-state index contributed by atoms with van der Waals surface area (Å²) >= 11 is 1.86. The standard InChI is InChI=1S/C46H30N2S/c1-2-15-34(16-3-1)47(36-25-27-46-41(30-36)40-20-7-9-23-45(40)49-46)35-17-10-14-32(28-35)33-24-26-39-38-19-6-8-21-43(38)48(44(39)29-33)42-22-11-13-31-12-4-5-18-37(31)42/h1-30H. The van der Waals surface area contributed by atoms with E-state index >= 15 is 0 Å². The average Bonchev–Trinajstić information content (AvgIpc) is 3.70. The molecule has 10 aromatic rings. The van der Waals surface area contributed by atoms with Crippen LogP contribution >= 0.6 is 11.3 Å². The van der Waals surface area contributed by atoms with Gasteiger partial charge in [0.05, 0.1) is 16.7 Å². The van der Waals surface area contributed by atoms with Gasteiger partial charge in [-0.05, 0) is 83.2 Å². The topological polar surface area (TPSA) is 8.17 Å². The minimum Gasteiger partial charge on any atom is -0.310 e. The van der Waals surface area contributed by atoms with Gasteiger partial charge in [-0.2, -0.15) is 0 Å². The molecule has 3 heteroatoms. The lowest BCUT2D eigenvalue weighted by Crippen LogP contribution is -2.09. The first kappa shape index (κ1) is 27.9. The second-order valence-corrected chi connectivity index (χ2v) is 13.7. The van der Waals surface area contributed by atoms with Crippen molar-refractivity contribution in [1.82, 2.24) is 4.57 Å². The number of anilines is 3. The molecule has 2 heterocycles. The van der Waals surface area contributed by atoms with Crippen molar-refractivity contribution in [3.63, 3.8) is 0 Å². The van der Waals surface area contributed by atoms with E-state index < -0.39 is 0 Å². The summed E-state index contributed by atoms with van der Waals surface area (Å²) in [5, 5.41) is 7.60. The van der Waals surface area contributed by atoms with Gasteiger partial charge in [0.2, 0.25) is 0 Å². The Labute approximate surface area is 288 Å². The SMILES string of the molecule is c1ccc(N(c2cccc(-c3ccc4c5ccccc5n(-c5cccc6ccccc56)c4c3)c2)c2ccc3sc4ccccc4c3c2)cc1. The van der Waals surface area contributed by atoms with Crippen LogP contribution in [-0.2, 0) is 0 Å². The van der Waals surface area contributed by atoms with Crippen molar-refractivity contribution < 1.29 is 0 Å². The van der Waals surface area contributed by atoms with Crippen molar-refractivity contribution in [1.29, 1.82) is 0 Å². The average molecular weight is 643 g/mol. The zero-order chi connectivity index (χ0) is 32.3. The molecule has 49 heavy (non-hydrogen) atoms. The maximum absolute atomic E-state index is 2.44. The first-order chi connectivity index (χ1) is 24.3. The number of hydrogen-bond acceptors (Lipinski definition) is 2. The van der Waals surface area contributed by atoms with Gasteiger partial charge >= 0.3 is 0 Å². The number of thiophene rings is 1. The van der Waals surface area contributed by atoms with Crippen molar-refractivity contribution in [2.24, 2.45) is 0 Å².